The molecule has 162 valence electrons. The fraction of sp³-hybridized carbons (Fsp3) is 0.190. The van der Waals surface area contributed by atoms with E-state index in [0.717, 1.165) is 33.2 Å². The molecule has 0 aromatic heterocycles. The molecule has 3 rings (SSSR count). The van der Waals surface area contributed by atoms with Crippen molar-refractivity contribution in [3.05, 3.63) is 61.4 Å². The van der Waals surface area contributed by atoms with E-state index >= 15 is 0 Å². The Kier molecular flexibility index (Phi) is 8.15. The number of nitrogens with zero attached hydrogens (tertiary/aromatic N) is 1. The molecule has 31 heavy (non-hydrogen) atoms. The third-order valence-electron chi connectivity index (χ3n) is 4.11. The summed E-state index contributed by atoms with van der Waals surface area (Å²) in [5.74, 6) is 0.331. The number of amides is 2. The summed E-state index contributed by atoms with van der Waals surface area (Å²) in [6.07, 6.45) is 2.56. The fourth-order valence-corrected chi connectivity index (χ4v) is 4.67. The Balaban J connectivity index is 1.80. The Labute approximate surface area is 206 Å². The lowest BCUT2D eigenvalue weighted by Crippen LogP contribution is -2.44. The van der Waals surface area contributed by atoms with Gasteiger partial charge in [0.25, 0.3) is 11.8 Å². The molecule has 0 saturated carbocycles. The van der Waals surface area contributed by atoms with E-state index in [0.29, 0.717) is 33.0 Å². The number of halogens is 2. The number of rotatable bonds is 7. The number of thiocarbonyl (C=S) groups is 1. The first-order chi connectivity index (χ1) is 14.8. The smallest absolute Gasteiger partial charge is 0.285 e. The van der Waals surface area contributed by atoms with Crippen LogP contribution in [0.3, 0.4) is 0 Å². The molecule has 0 spiro atoms. The van der Waals surface area contributed by atoms with E-state index in [1.165, 1.54) is 0 Å². The number of ether oxygens (including phenoxy) is 2. The van der Waals surface area contributed by atoms with Gasteiger partial charge in [-0.25, -0.2) is 0 Å². The number of hydrazine groups is 1. The van der Waals surface area contributed by atoms with Crippen molar-refractivity contribution in [2.45, 2.75) is 13.3 Å². The number of hydrogen-bond acceptors (Lipinski definition) is 6. The van der Waals surface area contributed by atoms with Gasteiger partial charge in [-0.1, -0.05) is 34.6 Å². The van der Waals surface area contributed by atoms with Gasteiger partial charge in [0, 0.05) is 10.0 Å². The van der Waals surface area contributed by atoms with Gasteiger partial charge in [0.2, 0.25) is 0 Å². The minimum absolute atomic E-state index is 0.246. The van der Waals surface area contributed by atoms with Crippen molar-refractivity contribution in [1.82, 2.24) is 10.4 Å². The molecule has 0 aliphatic carbocycles. The first-order valence-electron chi connectivity index (χ1n) is 9.19. The summed E-state index contributed by atoms with van der Waals surface area (Å²) in [4.78, 5) is 25.7. The Morgan fingerprint density at radius 3 is 2.61 bits per heavy atom. The lowest BCUT2D eigenvalue weighted by Gasteiger charge is -2.15. The first kappa shape index (κ1) is 23.8. The average molecular weight is 586 g/mol. The zero-order valence-electron chi connectivity index (χ0n) is 16.6. The number of thioether (sulfide) groups is 1. The van der Waals surface area contributed by atoms with Crippen LogP contribution in [0, 0.1) is 0 Å². The molecule has 6 nitrogen and oxygen atoms in total. The molecule has 0 bridgehead atoms. The minimum Gasteiger partial charge on any atom is -0.493 e. The van der Waals surface area contributed by atoms with Gasteiger partial charge in [-0.15, -0.1) is 0 Å². The lowest BCUT2D eigenvalue weighted by atomic mass is 10.2. The molecule has 1 heterocycles. The highest BCUT2D eigenvalue weighted by Crippen LogP contribution is 2.39. The largest absolute Gasteiger partial charge is 0.493 e. The molecular formula is C21H18Br2N2O4S2. The predicted molar refractivity (Wildman–Crippen MR) is 133 cm³/mol. The summed E-state index contributed by atoms with van der Waals surface area (Å²) in [6, 6.07) is 10.4. The molecule has 2 aromatic carbocycles. The maximum atomic E-state index is 12.8. The molecule has 0 unspecified atom stereocenters. The van der Waals surface area contributed by atoms with Gasteiger partial charge in [0.05, 0.1) is 23.1 Å². The van der Waals surface area contributed by atoms with Crippen LogP contribution >= 0.6 is 55.8 Å². The van der Waals surface area contributed by atoms with Gasteiger partial charge < -0.3 is 9.47 Å². The third kappa shape index (κ3) is 5.68. The Morgan fingerprint density at radius 2 is 1.97 bits per heavy atom. The van der Waals surface area contributed by atoms with E-state index < -0.39 is 11.8 Å². The summed E-state index contributed by atoms with van der Waals surface area (Å²) in [6.45, 7) is 2.58. The van der Waals surface area contributed by atoms with E-state index in [-0.39, 0.29) is 4.32 Å². The molecule has 1 aliphatic heterocycles. The quantitative estimate of drug-likeness (QED) is 0.339. The van der Waals surface area contributed by atoms with Crippen molar-refractivity contribution in [2.75, 3.05) is 13.7 Å². The molecule has 0 radical (unpaired) electrons. The molecule has 10 heteroatoms. The second-order valence-electron chi connectivity index (χ2n) is 6.35. The Morgan fingerprint density at radius 1 is 1.26 bits per heavy atom. The van der Waals surface area contributed by atoms with E-state index in [2.05, 4.69) is 37.3 Å². The van der Waals surface area contributed by atoms with Gasteiger partial charge in [0.15, 0.2) is 15.8 Å². The van der Waals surface area contributed by atoms with Crippen LogP contribution in [0.5, 0.6) is 11.5 Å². The summed E-state index contributed by atoms with van der Waals surface area (Å²) in [7, 11) is 1.56. The lowest BCUT2D eigenvalue weighted by molar-refractivity contribution is -0.123. The second kappa shape index (κ2) is 10.6. The van der Waals surface area contributed by atoms with Crippen molar-refractivity contribution < 1.29 is 19.1 Å². The highest BCUT2D eigenvalue weighted by atomic mass is 79.9. The maximum Gasteiger partial charge on any atom is 0.285 e. The van der Waals surface area contributed by atoms with Gasteiger partial charge in [0.1, 0.15) is 0 Å². The van der Waals surface area contributed by atoms with Crippen LogP contribution in [0.1, 0.15) is 29.3 Å². The van der Waals surface area contributed by atoms with E-state index in [4.69, 9.17) is 21.7 Å². The van der Waals surface area contributed by atoms with Crippen molar-refractivity contribution in [2.24, 2.45) is 0 Å². The SMILES string of the molecule is CCCOc1c(Br)cc(/C=C2\SC(=S)N(NC(=O)c3ccc(Br)cc3)C2=O)cc1OC. The summed E-state index contributed by atoms with van der Waals surface area (Å²) in [5, 5.41) is 1.08. The van der Waals surface area contributed by atoms with Gasteiger partial charge in [-0.05, 0) is 82.6 Å². The van der Waals surface area contributed by atoms with Gasteiger partial charge >= 0.3 is 0 Å². The van der Waals surface area contributed by atoms with Crippen LogP contribution in [0.15, 0.2) is 50.2 Å². The zero-order valence-corrected chi connectivity index (χ0v) is 21.4. The summed E-state index contributed by atoms with van der Waals surface area (Å²) < 4.78 is 13.0. The highest BCUT2D eigenvalue weighted by molar-refractivity contribution is 9.10. The normalized spacial score (nSPS) is 14.8. The van der Waals surface area contributed by atoms with Crippen LogP contribution in [0.25, 0.3) is 6.08 Å². The number of benzene rings is 2. The Bertz CT molecular complexity index is 1060. The van der Waals surface area contributed by atoms with Gasteiger partial charge in [-0.2, -0.15) is 5.01 Å². The second-order valence-corrected chi connectivity index (χ2v) is 9.79. The molecule has 1 fully saturated rings. The predicted octanol–water partition coefficient (Wildman–Crippen LogP) is 5.56. The van der Waals surface area contributed by atoms with E-state index in [1.807, 2.05) is 13.0 Å². The zero-order chi connectivity index (χ0) is 22.5. The summed E-state index contributed by atoms with van der Waals surface area (Å²) >= 11 is 13.2. The molecule has 2 aromatic rings. The highest BCUT2D eigenvalue weighted by Gasteiger charge is 2.34. The molecular weight excluding hydrogens is 568 g/mol. The average Bonchev–Trinajstić information content (AvgIpc) is 3.00. The molecule has 1 saturated heterocycles. The molecule has 2 amide bonds. The van der Waals surface area contributed by atoms with E-state index in [9.17, 15) is 9.59 Å². The van der Waals surface area contributed by atoms with Crippen LogP contribution in [-0.4, -0.2) is 34.9 Å². The number of nitrogens with one attached hydrogen (secondary N) is 1. The van der Waals surface area contributed by atoms with Crippen molar-refractivity contribution in [1.29, 1.82) is 0 Å². The van der Waals surface area contributed by atoms with E-state index in [1.54, 1.807) is 43.5 Å². The summed E-state index contributed by atoms with van der Waals surface area (Å²) in [5.41, 5.74) is 3.71. The van der Waals surface area contributed by atoms with Crippen LogP contribution in [-0.2, 0) is 4.79 Å². The topological polar surface area (TPSA) is 67.9 Å². The standard InChI is InChI=1S/C21H18Br2N2O4S2/c1-3-8-29-18-15(23)9-12(10-16(18)28-2)11-17-20(27)25(21(30)31-17)24-19(26)13-4-6-14(22)7-5-13/h4-7,9-11H,3,8H2,1-2H3,(H,24,26)/b17-11-. The maximum absolute atomic E-state index is 12.8. The Hall–Kier alpha value is -1.88. The number of methoxy groups -OCH3 is 1. The molecule has 1 N–H and O–H groups in total. The van der Waals surface area contributed by atoms with Crippen LogP contribution in [0.2, 0.25) is 0 Å². The number of hydrogen-bond donors (Lipinski definition) is 1. The van der Waals surface area contributed by atoms with Gasteiger partial charge in [-0.3, -0.25) is 15.0 Å². The van der Waals surface area contributed by atoms with Crippen LogP contribution < -0.4 is 14.9 Å². The van der Waals surface area contributed by atoms with Crippen molar-refractivity contribution in [3.63, 3.8) is 0 Å². The number of carbonyl (C=O) groups excluding carboxylic acids is 2. The van der Waals surface area contributed by atoms with Crippen molar-refractivity contribution >= 4 is 78.1 Å². The van der Waals surface area contributed by atoms with Crippen molar-refractivity contribution in [3.8, 4) is 11.5 Å². The minimum atomic E-state index is -0.424. The third-order valence-corrected chi connectivity index (χ3v) is 6.53. The monoisotopic (exact) mass is 584 g/mol. The molecule has 0 atom stereocenters. The number of carbonyl (C=O) groups is 2. The first-order valence-corrected chi connectivity index (χ1v) is 12.0. The fourth-order valence-electron chi connectivity index (χ4n) is 2.65. The van der Waals surface area contributed by atoms with Crippen LogP contribution in [0.4, 0.5) is 0 Å². The molecule has 1 aliphatic rings.